The van der Waals surface area contributed by atoms with Gasteiger partial charge in [-0.25, -0.2) is 13.4 Å². The van der Waals surface area contributed by atoms with Crippen molar-refractivity contribution in [1.29, 1.82) is 0 Å². The maximum atomic E-state index is 12.2. The predicted molar refractivity (Wildman–Crippen MR) is 69.7 cm³/mol. The van der Waals surface area contributed by atoms with Crippen LogP contribution in [0.1, 0.15) is 10.4 Å². The standard InChI is InChI=1S/C12H9ClN2O3S/c13-9-2-4-10(5-3-9)19(17,18)11-6-1-8(7-15-11)12(14)16/h1-7H,(H2,14,16). The van der Waals surface area contributed by atoms with Crippen LogP contribution < -0.4 is 5.73 Å². The molecule has 0 saturated heterocycles. The minimum absolute atomic E-state index is 0.0798. The van der Waals surface area contributed by atoms with E-state index in [1.165, 1.54) is 36.4 Å². The second-order valence-corrected chi connectivity index (χ2v) is 6.04. The van der Waals surface area contributed by atoms with Crippen LogP contribution in [-0.4, -0.2) is 19.3 Å². The van der Waals surface area contributed by atoms with Crippen LogP contribution in [0.4, 0.5) is 0 Å². The fourth-order valence-corrected chi connectivity index (χ4v) is 2.72. The van der Waals surface area contributed by atoms with Crippen LogP contribution >= 0.6 is 11.6 Å². The van der Waals surface area contributed by atoms with Crippen LogP contribution in [0.5, 0.6) is 0 Å². The van der Waals surface area contributed by atoms with Crippen LogP contribution in [0.25, 0.3) is 0 Å². The lowest BCUT2D eigenvalue weighted by Crippen LogP contribution is -2.12. The summed E-state index contributed by atoms with van der Waals surface area (Å²) in [5.74, 6) is -0.664. The lowest BCUT2D eigenvalue weighted by molar-refractivity contribution is 0.1000. The molecule has 0 aliphatic carbocycles. The first-order valence-corrected chi connectivity index (χ1v) is 7.04. The number of nitrogens with zero attached hydrogens (tertiary/aromatic N) is 1. The Balaban J connectivity index is 2.44. The van der Waals surface area contributed by atoms with Gasteiger partial charge in [-0.05, 0) is 36.4 Å². The minimum Gasteiger partial charge on any atom is -0.366 e. The summed E-state index contributed by atoms with van der Waals surface area (Å²) in [5, 5.41) is 0.288. The summed E-state index contributed by atoms with van der Waals surface area (Å²) in [7, 11) is -3.72. The first-order chi connectivity index (χ1) is 8.91. The number of rotatable bonds is 3. The Kier molecular flexibility index (Phi) is 3.55. The molecule has 0 spiro atoms. The quantitative estimate of drug-likeness (QED) is 0.932. The van der Waals surface area contributed by atoms with Crippen LogP contribution in [0, 0.1) is 0 Å². The van der Waals surface area contributed by atoms with E-state index in [1.807, 2.05) is 0 Å². The molecule has 2 N–H and O–H groups in total. The summed E-state index contributed by atoms with van der Waals surface area (Å²) in [6, 6.07) is 8.29. The average Bonchev–Trinajstić information content (AvgIpc) is 2.39. The van der Waals surface area contributed by atoms with Gasteiger partial charge in [0.25, 0.3) is 0 Å². The highest BCUT2D eigenvalue weighted by atomic mass is 35.5. The Hall–Kier alpha value is -1.92. The van der Waals surface area contributed by atoms with Gasteiger partial charge in [0.05, 0.1) is 10.5 Å². The topological polar surface area (TPSA) is 90.1 Å². The van der Waals surface area contributed by atoms with Crippen LogP contribution in [0.3, 0.4) is 0 Å². The van der Waals surface area contributed by atoms with Gasteiger partial charge in [0.15, 0.2) is 5.03 Å². The number of sulfone groups is 1. The number of carbonyl (C=O) groups is 1. The third-order valence-corrected chi connectivity index (χ3v) is 4.36. The van der Waals surface area contributed by atoms with Gasteiger partial charge in [0.2, 0.25) is 15.7 Å². The zero-order chi connectivity index (χ0) is 14.0. The Bertz CT molecular complexity index is 710. The van der Waals surface area contributed by atoms with E-state index in [9.17, 15) is 13.2 Å². The smallest absolute Gasteiger partial charge is 0.250 e. The van der Waals surface area contributed by atoms with Crippen molar-refractivity contribution in [3.05, 3.63) is 53.2 Å². The largest absolute Gasteiger partial charge is 0.366 e. The van der Waals surface area contributed by atoms with Crippen molar-refractivity contribution in [2.45, 2.75) is 9.92 Å². The number of hydrogen-bond acceptors (Lipinski definition) is 4. The number of pyridine rings is 1. The van der Waals surface area contributed by atoms with Crippen LogP contribution in [0.2, 0.25) is 5.02 Å². The molecule has 19 heavy (non-hydrogen) atoms. The molecule has 0 saturated carbocycles. The van der Waals surface area contributed by atoms with Gasteiger partial charge < -0.3 is 5.73 Å². The van der Waals surface area contributed by atoms with Crippen molar-refractivity contribution >= 4 is 27.3 Å². The molecule has 0 atom stereocenters. The summed E-state index contributed by atoms with van der Waals surface area (Å²) in [5.41, 5.74) is 5.21. The van der Waals surface area contributed by atoms with E-state index in [2.05, 4.69) is 4.98 Å². The van der Waals surface area contributed by atoms with Crippen molar-refractivity contribution in [3.63, 3.8) is 0 Å². The summed E-state index contributed by atoms with van der Waals surface area (Å²) in [6.07, 6.45) is 1.13. The molecular weight excluding hydrogens is 288 g/mol. The lowest BCUT2D eigenvalue weighted by atomic mass is 10.3. The highest BCUT2D eigenvalue weighted by Crippen LogP contribution is 2.20. The van der Waals surface area contributed by atoms with Crippen molar-refractivity contribution in [2.24, 2.45) is 5.73 Å². The zero-order valence-corrected chi connectivity index (χ0v) is 11.1. The lowest BCUT2D eigenvalue weighted by Gasteiger charge is -2.04. The molecule has 1 aromatic heterocycles. The van der Waals surface area contributed by atoms with Gasteiger partial charge in [-0.1, -0.05) is 11.6 Å². The van der Waals surface area contributed by atoms with Crippen molar-refractivity contribution in [2.75, 3.05) is 0 Å². The number of halogens is 1. The number of nitrogens with two attached hydrogens (primary N) is 1. The Morgan fingerprint density at radius 2 is 1.74 bits per heavy atom. The van der Waals surface area contributed by atoms with Crippen molar-refractivity contribution < 1.29 is 13.2 Å². The molecule has 2 aromatic rings. The van der Waals surface area contributed by atoms with Gasteiger partial charge in [0.1, 0.15) is 0 Å². The summed E-state index contributed by atoms with van der Waals surface area (Å²) in [4.78, 5) is 14.7. The van der Waals surface area contributed by atoms with Gasteiger partial charge in [-0.2, -0.15) is 0 Å². The van der Waals surface area contributed by atoms with E-state index in [0.29, 0.717) is 5.02 Å². The monoisotopic (exact) mass is 296 g/mol. The first-order valence-electron chi connectivity index (χ1n) is 5.18. The number of aromatic nitrogens is 1. The highest BCUT2D eigenvalue weighted by molar-refractivity contribution is 7.91. The Morgan fingerprint density at radius 3 is 2.21 bits per heavy atom. The molecule has 0 radical (unpaired) electrons. The van der Waals surface area contributed by atoms with E-state index >= 15 is 0 Å². The van der Waals surface area contributed by atoms with Gasteiger partial charge in [-0.3, -0.25) is 4.79 Å². The molecule has 2 rings (SSSR count). The molecule has 0 unspecified atom stereocenters. The van der Waals surface area contributed by atoms with Gasteiger partial charge in [0, 0.05) is 11.2 Å². The molecule has 0 fully saturated rings. The SMILES string of the molecule is NC(=O)c1ccc(S(=O)(=O)c2ccc(Cl)cc2)nc1. The molecule has 7 heteroatoms. The fourth-order valence-electron chi connectivity index (χ4n) is 1.42. The molecule has 1 aromatic carbocycles. The molecule has 98 valence electrons. The number of carbonyl (C=O) groups excluding carboxylic acids is 1. The van der Waals surface area contributed by atoms with Crippen LogP contribution in [0.15, 0.2) is 52.5 Å². The van der Waals surface area contributed by atoms with Crippen molar-refractivity contribution in [1.82, 2.24) is 4.98 Å². The zero-order valence-electron chi connectivity index (χ0n) is 9.58. The van der Waals surface area contributed by atoms with E-state index in [-0.39, 0.29) is 15.5 Å². The van der Waals surface area contributed by atoms with E-state index in [1.54, 1.807) is 0 Å². The van der Waals surface area contributed by atoms with Gasteiger partial charge in [-0.15, -0.1) is 0 Å². The predicted octanol–water partition coefficient (Wildman–Crippen LogP) is 1.67. The molecule has 0 bridgehead atoms. The summed E-state index contributed by atoms with van der Waals surface area (Å²) in [6.45, 7) is 0. The number of benzene rings is 1. The third-order valence-electron chi connectivity index (χ3n) is 2.42. The van der Waals surface area contributed by atoms with E-state index < -0.39 is 15.7 Å². The van der Waals surface area contributed by atoms with Gasteiger partial charge >= 0.3 is 0 Å². The molecule has 0 aliphatic heterocycles. The molecule has 1 heterocycles. The maximum Gasteiger partial charge on any atom is 0.250 e. The Labute approximate surface area is 115 Å². The molecule has 1 amide bonds. The van der Waals surface area contributed by atoms with E-state index in [4.69, 9.17) is 17.3 Å². The molecule has 5 nitrogen and oxygen atoms in total. The van der Waals surface area contributed by atoms with E-state index in [0.717, 1.165) is 6.20 Å². The average molecular weight is 297 g/mol. The first kappa shape index (κ1) is 13.5. The number of hydrogen-bond donors (Lipinski definition) is 1. The normalized spacial score (nSPS) is 11.2. The summed E-state index contributed by atoms with van der Waals surface area (Å²) < 4.78 is 24.4. The second-order valence-electron chi connectivity index (χ2n) is 3.71. The maximum absolute atomic E-state index is 12.2. The second kappa shape index (κ2) is 4.99. The van der Waals surface area contributed by atoms with Crippen molar-refractivity contribution in [3.8, 4) is 0 Å². The van der Waals surface area contributed by atoms with Crippen LogP contribution in [-0.2, 0) is 9.84 Å². The summed E-state index contributed by atoms with van der Waals surface area (Å²) >= 11 is 5.70. The fraction of sp³-hybridized carbons (Fsp3) is 0. The minimum atomic E-state index is -3.72. The molecular formula is C12H9ClN2O3S. The third kappa shape index (κ3) is 2.74. The Morgan fingerprint density at radius 1 is 1.11 bits per heavy atom. The number of amides is 1. The molecule has 0 aliphatic rings. The highest BCUT2D eigenvalue weighted by Gasteiger charge is 2.19. The number of primary amides is 1.